The zero-order valence-electron chi connectivity index (χ0n) is 11.5. The summed E-state index contributed by atoms with van der Waals surface area (Å²) >= 11 is 0. The first-order valence-corrected chi connectivity index (χ1v) is 8.12. The fourth-order valence-electron chi connectivity index (χ4n) is 2.32. The first-order valence-electron chi connectivity index (χ1n) is 6.29. The molecule has 1 aliphatic rings. The van der Waals surface area contributed by atoms with E-state index in [1.807, 2.05) is 0 Å². The molecule has 0 aliphatic carbocycles. The first-order chi connectivity index (χ1) is 9.28. The highest BCUT2D eigenvalue weighted by Gasteiger charge is 2.33. The second kappa shape index (κ2) is 5.49. The number of aryl methyl sites for hydroxylation is 1. The first kappa shape index (κ1) is 14.9. The Kier molecular flexibility index (Phi) is 4.09. The fraction of sp³-hybridized carbons (Fsp3) is 0.727. The molecule has 0 saturated carbocycles. The molecule has 1 atom stereocenters. The predicted molar refractivity (Wildman–Crippen MR) is 70.8 cm³/mol. The zero-order valence-corrected chi connectivity index (χ0v) is 12.3. The third-order valence-corrected chi connectivity index (χ3v) is 5.34. The molecule has 0 aromatic carbocycles. The number of carbonyl (C=O) groups is 1. The highest BCUT2D eigenvalue weighted by atomic mass is 32.2. The molecule has 1 aliphatic heterocycles. The molecule has 112 valence electrons. The summed E-state index contributed by atoms with van der Waals surface area (Å²) in [5.74, 6) is 0.512. The Labute approximate surface area is 117 Å². The molecule has 1 N–H and O–H groups in total. The van der Waals surface area contributed by atoms with E-state index in [1.165, 1.54) is 0 Å². The Morgan fingerprint density at radius 3 is 2.65 bits per heavy atom. The van der Waals surface area contributed by atoms with Crippen LogP contribution in [0, 0.1) is 6.92 Å². The molecule has 1 unspecified atom stereocenters. The van der Waals surface area contributed by atoms with Crippen LogP contribution in [0.1, 0.15) is 18.1 Å². The van der Waals surface area contributed by atoms with E-state index in [4.69, 9.17) is 5.11 Å². The van der Waals surface area contributed by atoms with Crippen LogP contribution in [0.25, 0.3) is 0 Å². The number of sulfone groups is 1. The van der Waals surface area contributed by atoms with E-state index in [9.17, 15) is 13.2 Å². The van der Waals surface area contributed by atoms with Crippen LogP contribution in [0.4, 0.5) is 0 Å². The third-order valence-electron chi connectivity index (χ3n) is 3.59. The minimum atomic E-state index is -3.05. The van der Waals surface area contributed by atoms with Crippen molar-refractivity contribution in [3.63, 3.8) is 0 Å². The SMILES string of the molecule is Cc1nnc(CN(CC(=O)O)C2CCS(=O)(=O)C2)n1C. The number of aliphatic carboxylic acids is 1. The van der Waals surface area contributed by atoms with Gasteiger partial charge in [-0.15, -0.1) is 10.2 Å². The maximum atomic E-state index is 11.5. The lowest BCUT2D eigenvalue weighted by Gasteiger charge is -2.25. The molecule has 1 aromatic rings. The number of nitrogens with zero attached hydrogens (tertiary/aromatic N) is 4. The minimum absolute atomic E-state index is 0.0110. The summed E-state index contributed by atoms with van der Waals surface area (Å²) in [4.78, 5) is 12.6. The summed E-state index contributed by atoms with van der Waals surface area (Å²) in [5, 5.41) is 16.9. The third kappa shape index (κ3) is 3.34. The second-order valence-corrected chi connectivity index (χ2v) is 7.31. The van der Waals surface area contributed by atoms with Crippen LogP contribution in [0.3, 0.4) is 0 Å². The Morgan fingerprint density at radius 1 is 1.50 bits per heavy atom. The van der Waals surface area contributed by atoms with Crippen molar-refractivity contribution >= 4 is 15.8 Å². The Hall–Kier alpha value is -1.48. The number of carboxylic acid groups (broad SMARTS) is 1. The average molecular weight is 302 g/mol. The molecular weight excluding hydrogens is 284 g/mol. The summed E-state index contributed by atoms with van der Waals surface area (Å²) in [6.45, 7) is 1.88. The van der Waals surface area contributed by atoms with E-state index in [0.29, 0.717) is 12.2 Å². The molecule has 2 rings (SSSR count). The molecule has 20 heavy (non-hydrogen) atoms. The highest BCUT2D eigenvalue weighted by Crippen LogP contribution is 2.19. The topological polar surface area (TPSA) is 105 Å². The standard InChI is InChI=1S/C11H18N4O4S/c1-8-12-13-10(14(8)2)5-15(6-11(16)17)9-3-4-20(18,19)7-9/h9H,3-7H2,1-2H3,(H,16,17). The van der Waals surface area contributed by atoms with Gasteiger partial charge in [0.05, 0.1) is 24.6 Å². The smallest absolute Gasteiger partial charge is 0.317 e. The van der Waals surface area contributed by atoms with Gasteiger partial charge in [-0.25, -0.2) is 8.42 Å². The van der Waals surface area contributed by atoms with Crippen LogP contribution in [-0.4, -0.2) is 63.3 Å². The van der Waals surface area contributed by atoms with Gasteiger partial charge in [0.15, 0.2) is 9.84 Å². The molecule has 0 amide bonds. The minimum Gasteiger partial charge on any atom is -0.480 e. The van der Waals surface area contributed by atoms with Crippen molar-refractivity contribution in [1.82, 2.24) is 19.7 Å². The summed E-state index contributed by atoms with van der Waals surface area (Å²) in [5.41, 5.74) is 0. The summed E-state index contributed by atoms with van der Waals surface area (Å²) < 4.78 is 24.9. The van der Waals surface area contributed by atoms with Crippen molar-refractivity contribution in [1.29, 1.82) is 0 Å². The quantitative estimate of drug-likeness (QED) is 0.758. The highest BCUT2D eigenvalue weighted by molar-refractivity contribution is 7.91. The monoisotopic (exact) mass is 302 g/mol. The molecule has 0 radical (unpaired) electrons. The Morgan fingerprint density at radius 2 is 2.20 bits per heavy atom. The molecule has 0 bridgehead atoms. The van der Waals surface area contributed by atoms with Gasteiger partial charge in [-0.3, -0.25) is 9.69 Å². The van der Waals surface area contributed by atoms with Crippen molar-refractivity contribution in [2.24, 2.45) is 7.05 Å². The number of carboxylic acids is 1. The van der Waals surface area contributed by atoms with E-state index < -0.39 is 15.8 Å². The Balaban J connectivity index is 2.16. The van der Waals surface area contributed by atoms with Gasteiger partial charge in [0.2, 0.25) is 0 Å². The van der Waals surface area contributed by atoms with E-state index in [0.717, 1.165) is 5.82 Å². The van der Waals surface area contributed by atoms with Crippen molar-refractivity contribution in [3.8, 4) is 0 Å². The summed E-state index contributed by atoms with van der Waals surface area (Å²) in [6.07, 6.45) is 0.465. The Bertz CT molecular complexity index is 610. The average Bonchev–Trinajstić information content (AvgIpc) is 2.84. The maximum absolute atomic E-state index is 11.5. The lowest BCUT2D eigenvalue weighted by molar-refractivity contribution is -0.139. The molecular formula is C11H18N4O4S. The van der Waals surface area contributed by atoms with E-state index in [1.54, 1.807) is 23.4 Å². The van der Waals surface area contributed by atoms with Crippen LogP contribution >= 0.6 is 0 Å². The van der Waals surface area contributed by atoms with Gasteiger partial charge in [-0.1, -0.05) is 0 Å². The molecule has 1 aromatic heterocycles. The predicted octanol–water partition coefficient (Wildman–Crippen LogP) is -0.803. The maximum Gasteiger partial charge on any atom is 0.317 e. The van der Waals surface area contributed by atoms with Gasteiger partial charge in [0.1, 0.15) is 11.6 Å². The van der Waals surface area contributed by atoms with Gasteiger partial charge in [-0.05, 0) is 13.3 Å². The van der Waals surface area contributed by atoms with E-state index in [2.05, 4.69) is 10.2 Å². The van der Waals surface area contributed by atoms with Crippen molar-refractivity contribution < 1.29 is 18.3 Å². The number of hydrogen-bond acceptors (Lipinski definition) is 6. The van der Waals surface area contributed by atoms with Crippen molar-refractivity contribution in [2.75, 3.05) is 18.1 Å². The van der Waals surface area contributed by atoms with Gasteiger partial charge < -0.3 is 9.67 Å². The van der Waals surface area contributed by atoms with Gasteiger partial charge >= 0.3 is 5.97 Å². The van der Waals surface area contributed by atoms with Crippen LogP contribution in [0.5, 0.6) is 0 Å². The van der Waals surface area contributed by atoms with E-state index in [-0.39, 0.29) is 30.6 Å². The van der Waals surface area contributed by atoms with Crippen LogP contribution < -0.4 is 0 Å². The molecule has 1 fully saturated rings. The largest absolute Gasteiger partial charge is 0.480 e. The lowest BCUT2D eigenvalue weighted by Crippen LogP contribution is -2.40. The van der Waals surface area contributed by atoms with Crippen molar-refractivity contribution in [2.45, 2.75) is 25.9 Å². The van der Waals surface area contributed by atoms with Gasteiger partial charge in [0.25, 0.3) is 0 Å². The van der Waals surface area contributed by atoms with Crippen LogP contribution in [0.2, 0.25) is 0 Å². The molecule has 0 spiro atoms. The summed E-state index contributed by atoms with van der Waals surface area (Å²) in [6, 6.07) is -0.270. The lowest BCUT2D eigenvalue weighted by atomic mass is 10.2. The van der Waals surface area contributed by atoms with Crippen LogP contribution in [0.15, 0.2) is 0 Å². The molecule has 8 nitrogen and oxygen atoms in total. The zero-order chi connectivity index (χ0) is 14.9. The van der Waals surface area contributed by atoms with Gasteiger partial charge in [-0.2, -0.15) is 0 Å². The number of hydrogen-bond donors (Lipinski definition) is 1. The van der Waals surface area contributed by atoms with E-state index >= 15 is 0 Å². The molecule has 9 heteroatoms. The van der Waals surface area contributed by atoms with Crippen molar-refractivity contribution in [3.05, 3.63) is 11.6 Å². The van der Waals surface area contributed by atoms with Crippen LogP contribution in [-0.2, 0) is 28.2 Å². The summed E-state index contributed by atoms with van der Waals surface area (Å²) in [7, 11) is -1.25. The molecule has 2 heterocycles. The molecule has 1 saturated heterocycles. The second-order valence-electron chi connectivity index (χ2n) is 5.08. The number of rotatable bonds is 5. The fourth-order valence-corrected chi connectivity index (χ4v) is 4.08. The van der Waals surface area contributed by atoms with Gasteiger partial charge in [0, 0.05) is 13.1 Å². The normalized spacial score (nSPS) is 21.4. The number of aromatic nitrogens is 3.